The maximum Gasteiger partial charge on any atom is 0.0620 e. The number of hydrogen-bond donors (Lipinski definition) is 0. The van der Waals surface area contributed by atoms with Gasteiger partial charge in [0.1, 0.15) is 0 Å². The van der Waals surface area contributed by atoms with Gasteiger partial charge in [-0.05, 0) is 125 Å². The molecule has 0 bridgehead atoms. The third-order valence-electron chi connectivity index (χ3n) is 25.6. The Kier molecular flexibility index (Phi) is 36.9. The SMILES string of the molecule is CC(C)C.CC(C)c1[c-]c(-c2[c-]cccc2)ccc1.CC(C)c1c[c-]c(-c2[c-]cccc2)cc1.CC(C)c1ccc(-n2c3ccccc3c3ccccc32)cc1.CC(C)c1cccc(-n2c3ccccc3c3ccccc32)c1.CC(C)c1ccccc1-n1c2ccccc2c2ccccc21.[Y].[Y].[c-]1ccccc1-c1[c-]cccc1.[c-]1ccccc1-c1[c-]cccc1.c1ccc2c(c1)c1cccc3c4ccccc4n2c13. The molecular weight excluding hydrogens is 1900 g/mol. The fourth-order valence-electron chi connectivity index (χ4n) is 18.5. The summed E-state index contributed by atoms with van der Waals surface area (Å²) < 4.78 is 9.53. The third kappa shape index (κ3) is 25.1. The minimum atomic E-state index is 0. The van der Waals surface area contributed by atoms with Gasteiger partial charge in [-0.1, -0.05) is 302 Å². The number of aromatic nitrogens is 4. The van der Waals surface area contributed by atoms with Gasteiger partial charge in [0.25, 0.3) is 0 Å². The Balaban J connectivity index is 0.000000125. The first-order chi connectivity index (χ1) is 69.9. The van der Waals surface area contributed by atoms with E-state index in [1.165, 1.54) is 148 Å². The Morgan fingerprint density at radius 2 is 0.476 bits per heavy atom. The standard InChI is InChI=1S/3C21H19N.C18H11N.2C15H14.2C12H8.C4H10.2Y/c1-15(2)16-9-3-6-12-19(16)22-20-13-7-4-10-17(20)18-11-5-8-14-21(18)22;1-15(2)16-8-7-9-17(14-16)22-20-12-5-3-10-18(20)19-11-4-6-13-21(19)22;1-15(2)16-11-13-17(14-12-16)22-20-9-5-3-7-18(20)19-8-4-6-10-21(19)22;1-3-10-16-12(6-1)14-8-5-9-15-13-7-2-4-11-17(13)19(16)18(14)15;1-12(2)14-9-6-10-15(11-14)13-7-4-3-5-8-13;1-12(2)13-8-10-15(11-9-13)14-6-4-3-5-7-14;2*1-3-7-11(8-4-1)12-9-5-2-6-10-12;1-4(2)3;;/h3*3-15H,1-2H3;1-11H;3-7,9-10,12H,1-2H3;3-6,8-10,12H,1-2H3;2*1-7,9H;4H,1-3H3;;/q;;;;4*-2;;;. The van der Waals surface area contributed by atoms with Gasteiger partial charge in [-0.3, -0.25) is 0 Å². The Bertz CT molecular complexity index is 7970. The molecule has 0 amide bonds. The van der Waals surface area contributed by atoms with Gasteiger partial charge >= 0.3 is 0 Å². The van der Waals surface area contributed by atoms with E-state index in [2.05, 4.69) is 490 Å². The summed E-state index contributed by atoms with van der Waals surface area (Å²) >= 11 is 0. The number of nitrogens with zero attached hydrogens (tertiary/aromatic N) is 4. The first-order valence-corrected chi connectivity index (χ1v) is 50.2. The molecule has 20 aromatic carbocycles. The topological polar surface area (TPSA) is 19.2 Å². The number of hydrogen-bond acceptors (Lipinski definition) is 0. The largest absolute Gasteiger partial charge is 0.309 e. The molecule has 0 aliphatic rings. The predicted molar refractivity (Wildman–Crippen MR) is 613 cm³/mol. The molecule has 25 rings (SSSR count). The van der Waals surface area contributed by atoms with Crippen LogP contribution in [-0.2, 0) is 65.4 Å². The molecule has 0 fully saturated rings. The number of benzene rings is 20. The van der Waals surface area contributed by atoms with E-state index in [4.69, 9.17) is 0 Å². The molecule has 712 valence electrons. The van der Waals surface area contributed by atoms with Crippen LogP contribution in [0.2, 0.25) is 0 Å². The van der Waals surface area contributed by atoms with Crippen LogP contribution in [0, 0.1) is 54.4 Å². The fourth-order valence-corrected chi connectivity index (χ4v) is 18.5. The maximum absolute atomic E-state index is 3.43. The molecule has 0 aliphatic heterocycles. The van der Waals surface area contributed by atoms with Crippen molar-refractivity contribution in [3.05, 3.63) is 543 Å². The van der Waals surface area contributed by atoms with Crippen molar-refractivity contribution in [3.63, 3.8) is 0 Å². The fraction of sp³-hybridized carbons (Fsp3) is 0.137. The summed E-state index contributed by atoms with van der Waals surface area (Å²) in [5.41, 5.74) is 30.9. The Hall–Kier alpha value is -14.2. The van der Waals surface area contributed by atoms with Crippen LogP contribution < -0.4 is 0 Å². The van der Waals surface area contributed by atoms with Crippen LogP contribution in [0.15, 0.2) is 467 Å². The molecule has 5 aromatic heterocycles. The van der Waals surface area contributed by atoms with Crippen molar-refractivity contribution in [1.29, 1.82) is 0 Å². The van der Waals surface area contributed by atoms with E-state index in [0.717, 1.165) is 50.4 Å². The van der Waals surface area contributed by atoms with Crippen LogP contribution in [0.1, 0.15) is 147 Å². The van der Waals surface area contributed by atoms with Gasteiger partial charge in [0, 0.05) is 136 Å². The molecular formula is C139H122N4Y2-8. The smallest absolute Gasteiger partial charge is 0.0620 e. The van der Waals surface area contributed by atoms with Crippen LogP contribution in [0.5, 0.6) is 0 Å². The molecule has 0 saturated carbocycles. The van der Waals surface area contributed by atoms with E-state index in [9.17, 15) is 0 Å². The van der Waals surface area contributed by atoms with Gasteiger partial charge in [-0.25, -0.2) is 44.5 Å². The molecule has 0 atom stereocenters. The van der Waals surface area contributed by atoms with Crippen molar-refractivity contribution in [2.45, 2.75) is 120 Å². The van der Waals surface area contributed by atoms with Crippen molar-refractivity contribution in [2.24, 2.45) is 5.92 Å². The number of rotatable bonds is 12. The third-order valence-corrected chi connectivity index (χ3v) is 25.6. The van der Waals surface area contributed by atoms with Crippen molar-refractivity contribution in [1.82, 2.24) is 18.1 Å². The predicted octanol–water partition coefficient (Wildman–Crippen LogP) is 38.3. The van der Waals surface area contributed by atoms with Crippen LogP contribution in [0.4, 0.5) is 0 Å². The Morgan fingerprint density at radius 1 is 0.193 bits per heavy atom. The first kappa shape index (κ1) is 105. The van der Waals surface area contributed by atoms with Gasteiger partial charge in [-0.15, -0.1) is 53.6 Å². The maximum atomic E-state index is 3.43. The van der Waals surface area contributed by atoms with E-state index in [-0.39, 0.29) is 65.4 Å². The van der Waals surface area contributed by atoms with E-state index < -0.39 is 0 Å². The van der Waals surface area contributed by atoms with E-state index in [1.807, 2.05) is 133 Å². The summed E-state index contributed by atoms with van der Waals surface area (Å²) in [7, 11) is 0. The Morgan fingerprint density at radius 3 is 0.814 bits per heavy atom. The van der Waals surface area contributed by atoms with Gasteiger partial charge in [-0.2, -0.15) is 188 Å². The molecule has 4 nitrogen and oxygen atoms in total. The minimum Gasteiger partial charge on any atom is -0.309 e. The van der Waals surface area contributed by atoms with Gasteiger partial charge < -0.3 is 18.1 Å². The molecule has 0 N–H and O–H groups in total. The van der Waals surface area contributed by atoms with Crippen molar-refractivity contribution in [2.75, 3.05) is 0 Å². The second kappa shape index (κ2) is 50.8. The summed E-state index contributed by atoms with van der Waals surface area (Å²) in [6.45, 7) is 28.7. The van der Waals surface area contributed by atoms with E-state index in [1.54, 1.807) is 0 Å². The van der Waals surface area contributed by atoms with Crippen molar-refractivity contribution in [3.8, 4) is 61.6 Å². The van der Waals surface area contributed by atoms with Crippen LogP contribution in [0.25, 0.3) is 165 Å². The average Bonchev–Trinajstić information content (AvgIpc) is 1.55. The van der Waals surface area contributed by atoms with Crippen LogP contribution >= 0.6 is 0 Å². The molecule has 145 heavy (non-hydrogen) atoms. The van der Waals surface area contributed by atoms with Crippen LogP contribution in [-0.4, -0.2) is 18.1 Å². The zero-order valence-electron chi connectivity index (χ0n) is 85.4. The van der Waals surface area contributed by atoms with Crippen molar-refractivity contribution >= 4 is 104 Å². The quantitative estimate of drug-likeness (QED) is 0.109. The molecule has 0 unspecified atom stereocenters. The molecule has 2 radical (unpaired) electrons. The summed E-state index contributed by atoms with van der Waals surface area (Å²) in [5, 5.41) is 13.3. The van der Waals surface area contributed by atoms with Gasteiger partial charge in [0.15, 0.2) is 0 Å². The summed E-state index contributed by atoms with van der Waals surface area (Å²) in [5.74, 6) is 3.51. The van der Waals surface area contributed by atoms with Gasteiger partial charge in [0.2, 0.25) is 0 Å². The monoisotopic (exact) mass is 2020 g/mol. The number of para-hydroxylation sites is 10. The average molecular weight is 2030 g/mol. The molecule has 0 aliphatic carbocycles. The van der Waals surface area contributed by atoms with Crippen LogP contribution in [0.3, 0.4) is 0 Å². The molecule has 25 aromatic rings. The first-order valence-electron chi connectivity index (χ1n) is 50.2. The molecule has 6 heteroatoms. The molecule has 0 spiro atoms. The zero-order chi connectivity index (χ0) is 99.1. The van der Waals surface area contributed by atoms with E-state index in [0.29, 0.717) is 29.6 Å². The minimum absolute atomic E-state index is 0. The second-order valence-corrected chi connectivity index (χ2v) is 38.1. The normalized spacial score (nSPS) is 10.9. The molecule has 0 saturated heterocycles. The Labute approximate surface area is 908 Å². The zero-order valence-corrected chi connectivity index (χ0v) is 91.0. The number of fused-ring (bicyclic) bond motifs is 15. The summed E-state index contributed by atoms with van der Waals surface area (Å²) in [4.78, 5) is 0. The van der Waals surface area contributed by atoms with E-state index >= 15 is 0 Å². The van der Waals surface area contributed by atoms with Gasteiger partial charge in [0.05, 0.1) is 49.7 Å². The second-order valence-electron chi connectivity index (χ2n) is 38.1. The summed E-state index contributed by atoms with van der Waals surface area (Å²) in [6.07, 6.45) is 0. The molecule has 5 heterocycles. The summed E-state index contributed by atoms with van der Waals surface area (Å²) in [6, 6.07) is 188. The van der Waals surface area contributed by atoms with Crippen molar-refractivity contribution < 1.29 is 65.4 Å².